The van der Waals surface area contributed by atoms with E-state index in [-0.39, 0.29) is 17.7 Å². The van der Waals surface area contributed by atoms with E-state index in [1.807, 2.05) is 16.8 Å². The third-order valence-corrected chi connectivity index (χ3v) is 6.61. The zero-order valence-corrected chi connectivity index (χ0v) is 18.4. The number of nitrogens with zero attached hydrogens (tertiary/aromatic N) is 3. The van der Waals surface area contributed by atoms with E-state index in [0.29, 0.717) is 5.91 Å². The van der Waals surface area contributed by atoms with Crippen molar-refractivity contribution < 1.29 is 9.59 Å². The Morgan fingerprint density at radius 1 is 1.03 bits per heavy atom. The molecule has 1 aromatic carbocycles. The summed E-state index contributed by atoms with van der Waals surface area (Å²) in [4.78, 5) is 31.9. The molecule has 0 unspecified atom stereocenters. The van der Waals surface area contributed by atoms with Gasteiger partial charge in [0.1, 0.15) is 0 Å². The van der Waals surface area contributed by atoms with Crippen molar-refractivity contribution >= 4 is 17.5 Å². The normalized spacial score (nSPS) is 22.4. The third kappa shape index (κ3) is 5.52. The Morgan fingerprint density at radius 2 is 1.69 bits per heavy atom. The molecule has 0 bridgehead atoms. The zero-order valence-electron chi connectivity index (χ0n) is 18.4. The molecule has 1 saturated carbocycles. The highest BCUT2D eigenvalue weighted by Crippen LogP contribution is 2.31. The zero-order chi connectivity index (χ0) is 20.8. The largest absolute Gasteiger partial charge is 0.368 e. The highest BCUT2D eigenvalue weighted by atomic mass is 16.2. The summed E-state index contributed by atoms with van der Waals surface area (Å²) in [7, 11) is 1.92. The number of anilines is 1. The van der Waals surface area contributed by atoms with E-state index in [1.165, 1.54) is 11.3 Å². The first-order chi connectivity index (χ1) is 14.0. The summed E-state index contributed by atoms with van der Waals surface area (Å²) in [5.41, 5.74) is 2.52. The Kier molecular flexibility index (Phi) is 7.57. The van der Waals surface area contributed by atoms with Crippen LogP contribution in [-0.4, -0.2) is 61.4 Å². The fourth-order valence-electron chi connectivity index (χ4n) is 4.67. The van der Waals surface area contributed by atoms with Crippen molar-refractivity contribution in [3.8, 4) is 0 Å². The summed E-state index contributed by atoms with van der Waals surface area (Å²) >= 11 is 0. The Morgan fingerprint density at radius 3 is 2.31 bits per heavy atom. The standard InChI is InChI=1S/C24H37N3O2/c1-4-5-13-25(3)23(28)20-9-11-21(12-10-20)24(29)27-16-14-26(15-17-27)22-8-6-7-19(2)18-22/h6-8,18,20-21H,4-5,9-17H2,1-3H3. The van der Waals surface area contributed by atoms with Crippen LogP contribution in [0.1, 0.15) is 51.0 Å². The maximum absolute atomic E-state index is 13.0. The summed E-state index contributed by atoms with van der Waals surface area (Å²) in [5, 5.41) is 0. The van der Waals surface area contributed by atoms with Gasteiger partial charge in [0.05, 0.1) is 0 Å². The lowest BCUT2D eigenvalue weighted by Crippen LogP contribution is -2.51. The smallest absolute Gasteiger partial charge is 0.225 e. The van der Waals surface area contributed by atoms with Crippen LogP contribution in [0.2, 0.25) is 0 Å². The van der Waals surface area contributed by atoms with Crippen LogP contribution in [0.5, 0.6) is 0 Å². The molecule has 0 aromatic heterocycles. The minimum atomic E-state index is 0.102. The second-order valence-corrected chi connectivity index (χ2v) is 8.81. The molecule has 1 aromatic rings. The van der Waals surface area contributed by atoms with Gasteiger partial charge in [-0.05, 0) is 56.7 Å². The van der Waals surface area contributed by atoms with E-state index in [2.05, 4.69) is 43.0 Å². The maximum atomic E-state index is 13.0. The Bertz CT molecular complexity index is 689. The van der Waals surface area contributed by atoms with Crippen LogP contribution < -0.4 is 4.90 Å². The van der Waals surface area contributed by atoms with Crippen LogP contribution >= 0.6 is 0 Å². The predicted octanol–water partition coefficient (Wildman–Crippen LogP) is 3.71. The first-order valence-electron chi connectivity index (χ1n) is 11.3. The van der Waals surface area contributed by atoms with Gasteiger partial charge in [0.15, 0.2) is 0 Å². The fourth-order valence-corrected chi connectivity index (χ4v) is 4.67. The number of piperazine rings is 1. The van der Waals surface area contributed by atoms with Gasteiger partial charge in [0.2, 0.25) is 11.8 Å². The van der Waals surface area contributed by atoms with Crippen LogP contribution in [0.25, 0.3) is 0 Å². The summed E-state index contributed by atoms with van der Waals surface area (Å²) in [5.74, 6) is 0.792. The van der Waals surface area contributed by atoms with Crippen LogP contribution in [0.3, 0.4) is 0 Å². The lowest BCUT2D eigenvalue weighted by molar-refractivity contribution is -0.141. The van der Waals surface area contributed by atoms with Gasteiger partial charge >= 0.3 is 0 Å². The van der Waals surface area contributed by atoms with Crippen molar-refractivity contribution in [1.29, 1.82) is 0 Å². The Hall–Kier alpha value is -2.04. The highest BCUT2D eigenvalue weighted by Gasteiger charge is 2.34. The third-order valence-electron chi connectivity index (χ3n) is 6.61. The average Bonchev–Trinajstić information content (AvgIpc) is 2.76. The summed E-state index contributed by atoms with van der Waals surface area (Å²) < 4.78 is 0. The highest BCUT2D eigenvalue weighted by molar-refractivity contribution is 5.81. The molecule has 2 fully saturated rings. The molecule has 160 valence electrons. The Labute approximate surface area is 176 Å². The Balaban J connectivity index is 1.45. The minimum Gasteiger partial charge on any atom is -0.368 e. The molecule has 2 aliphatic rings. The van der Waals surface area contributed by atoms with E-state index in [1.54, 1.807) is 0 Å². The monoisotopic (exact) mass is 399 g/mol. The molecule has 0 atom stereocenters. The van der Waals surface area contributed by atoms with E-state index in [0.717, 1.165) is 71.2 Å². The van der Waals surface area contributed by atoms with Crippen LogP contribution in [-0.2, 0) is 9.59 Å². The van der Waals surface area contributed by atoms with Crippen molar-refractivity contribution in [2.75, 3.05) is 44.7 Å². The topological polar surface area (TPSA) is 43.9 Å². The number of carbonyl (C=O) groups is 2. The maximum Gasteiger partial charge on any atom is 0.225 e. The van der Waals surface area contributed by atoms with Crippen LogP contribution in [0.15, 0.2) is 24.3 Å². The quantitative estimate of drug-likeness (QED) is 0.732. The molecule has 29 heavy (non-hydrogen) atoms. The van der Waals surface area contributed by atoms with E-state index >= 15 is 0 Å². The molecule has 0 spiro atoms. The molecular weight excluding hydrogens is 362 g/mol. The van der Waals surface area contributed by atoms with Gasteiger partial charge in [-0.1, -0.05) is 25.5 Å². The molecule has 1 aliphatic carbocycles. The van der Waals surface area contributed by atoms with Gasteiger partial charge in [0.25, 0.3) is 0 Å². The van der Waals surface area contributed by atoms with Gasteiger partial charge in [-0.15, -0.1) is 0 Å². The lowest BCUT2D eigenvalue weighted by atomic mass is 9.80. The number of carbonyl (C=O) groups excluding carboxylic acids is 2. The lowest BCUT2D eigenvalue weighted by Gasteiger charge is -2.39. The molecule has 1 aliphatic heterocycles. The SMILES string of the molecule is CCCCN(C)C(=O)C1CCC(C(=O)N2CCN(c3cccc(C)c3)CC2)CC1. The van der Waals surface area contributed by atoms with Gasteiger partial charge in [0, 0.05) is 57.3 Å². The number of unbranched alkanes of at least 4 members (excludes halogenated alkanes) is 1. The number of rotatable bonds is 6. The van der Waals surface area contributed by atoms with Crippen molar-refractivity contribution in [2.45, 2.75) is 52.4 Å². The van der Waals surface area contributed by atoms with Gasteiger partial charge < -0.3 is 14.7 Å². The van der Waals surface area contributed by atoms with Gasteiger partial charge in [-0.3, -0.25) is 9.59 Å². The summed E-state index contributed by atoms with van der Waals surface area (Å²) in [6.45, 7) is 8.49. The predicted molar refractivity (Wildman–Crippen MR) is 118 cm³/mol. The summed E-state index contributed by atoms with van der Waals surface area (Å²) in [6, 6.07) is 8.58. The first-order valence-corrected chi connectivity index (χ1v) is 11.3. The number of amides is 2. The second kappa shape index (κ2) is 10.1. The molecule has 1 heterocycles. The minimum absolute atomic E-state index is 0.102. The molecule has 1 saturated heterocycles. The fraction of sp³-hybridized carbons (Fsp3) is 0.667. The summed E-state index contributed by atoms with van der Waals surface area (Å²) in [6.07, 6.45) is 5.59. The number of hydrogen-bond donors (Lipinski definition) is 0. The number of hydrogen-bond acceptors (Lipinski definition) is 3. The van der Waals surface area contributed by atoms with Crippen molar-refractivity contribution in [1.82, 2.24) is 9.80 Å². The molecule has 2 amide bonds. The average molecular weight is 400 g/mol. The molecule has 5 nitrogen and oxygen atoms in total. The van der Waals surface area contributed by atoms with Crippen molar-refractivity contribution in [3.63, 3.8) is 0 Å². The first kappa shape index (κ1) is 21.7. The molecular formula is C24H37N3O2. The molecule has 0 N–H and O–H groups in total. The van der Waals surface area contributed by atoms with Crippen molar-refractivity contribution in [3.05, 3.63) is 29.8 Å². The van der Waals surface area contributed by atoms with Crippen LogP contribution in [0, 0.1) is 18.8 Å². The van der Waals surface area contributed by atoms with Crippen LogP contribution in [0.4, 0.5) is 5.69 Å². The second-order valence-electron chi connectivity index (χ2n) is 8.81. The number of aryl methyl sites for hydroxylation is 1. The van der Waals surface area contributed by atoms with Gasteiger partial charge in [-0.25, -0.2) is 0 Å². The van der Waals surface area contributed by atoms with Crippen molar-refractivity contribution in [2.24, 2.45) is 11.8 Å². The number of benzene rings is 1. The van der Waals surface area contributed by atoms with E-state index in [9.17, 15) is 9.59 Å². The van der Waals surface area contributed by atoms with E-state index < -0.39 is 0 Å². The molecule has 3 rings (SSSR count). The van der Waals surface area contributed by atoms with Gasteiger partial charge in [-0.2, -0.15) is 0 Å². The molecule has 0 radical (unpaired) electrons. The van der Waals surface area contributed by atoms with E-state index in [4.69, 9.17) is 0 Å². The molecule has 5 heteroatoms.